The van der Waals surface area contributed by atoms with Crippen molar-refractivity contribution in [3.63, 3.8) is 0 Å². The van der Waals surface area contributed by atoms with Crippen LogP contribution in [0.4, 0.5) is 11.6 Å². The van der Waals surface area contributed by atoms with E-state index in [-0.39, 0.29) is 0 Å². The van der Waals surface area contributed by atoms with E-state index in [2.05, 4.69) is 38.2 Å². The first-order valence-electron chi connectivity index (χ1n) is 8.66. The van der Waals surface area contributed by atoms with Crippen LogP contribution in [-0.2, 0) is 6.42 Å². The molecule has 0 spiro atoms. The molecule has 0 saturated heterocycles. The van der Waals surface area contributed by atoms with Crippen LogP contribution in [0.5, 0.6) is 0 Å². The highest BCUT2D eigenvalue weighted by Gasteiger charge is 2.28. The number of pyridine rings is 1. The van der Waals surface area contributed by atoms with Crippen LogP contribution in [0.2, 0.25) is 0 Å². The maximum atomic E-state index is 5.99. The Morgan fingerprint density at radius 3 is 2.96 bits per heavy atom. The molecule has 3 heterocycles. The summed E-state index contributed by atoms with van der Waals surface area (Å²) in [4.78, 5) is 8.43. The number of hydrogen-bond acceptors (Lipinski definition) is 5. The number of hydrogen-bond donors (Lipinski definition) is 3. The number of nitrogens with one attached hydrogen (secondary N) is 1. The van der Waals surface area contributed by atoms with Gasteiger partial charge in [0.25, 0.3) is 0 Å². The second-order valence-electron chi connectivity index (χ2n) is 6.83. The maximum absolute atomic E-state index is 5.99. The van der Waals surface area contributed by atoms with Crippen LogP contribution in [-0.4, -0.2) is 22.1 Å². The number of aryl methyl sites for hydroxylation is 1. The quantitative estimate of drug-likeness (QED) is 0.805. The molecule has 1 saturated carbocycles. The Balaban J connectivity index is 1.38. The Morgan fingerprint density at radius 1 is 1.21 bits per heavy atom. The number of amidine groups is 1. The van der Waals surface area contributed by atoms with Gasteiger partial charge in [0.05, 0.1) is 5.56 Å². The lowest BCUT2D eigenvalue weighted by Crippen LogP contribution is -2.23. The Morgan fingerprint density at radius 2 is 2.12 bits per heavy atom. The molecule has 24 heavy (non-hydrogen) atoms. The highest BCUT2D eigenvalue weighted by atomic mass is 15.2. The van der Waals surface area contributed by atoms with Gasteiger partial charge in [-0.05, 0) is 55.7 Å². The summed E-state index contributed by atoms with van der Waals surface area (Å²) in [6.07, 6.45) is 10.1. The van der Waals surface area contributed by atoms with Gasteiger partial charge in [0.2, 0.25) is 0 Å². The summed E-state index contributed by atoms with van der Waals surface area (Å²) in [6.45, 7) is 0.573. The predicted molar refractivity (Wildman–Crippen MR) is 97.0 cm³/mol. The number of nitrogen functional groups attached to an aromatic ring is 1. The van der Waals surface area contributed by atoms with Gasteiger partial charge in [-0.25, -0.2) is 9.98 Å². The second-order valence-corrected chi connectivity index (χ2v) is 6.83. The zero-order valence-electron chi connectivity index (χ0n) is 13.8. The van der Waals surface area contributed by atoms with Crippen LogP contribution >= 0.6 is 0 Å². The number of rotatable bonds is 4. The van der Waals surface area contributed by atoms with E-state index in [1.165, 1.54) is 31.2 Å². The number of fused-ring (bicyclic) bond motifs is 1. The number of anilines is 2. The highest BCUT2D eigenvalue weighted by Crippen LogP contribution is 2.39. The fraction of sp³-hybridized carbons (Fsp3) is 0.444. The molecule has 1 aliphatic heterocycles. The van der Waals surface area contributed by atoms with E-state index in [9.17, 15) is 0 Å². The minimum Gasteiger partial charge on any atom is -0.384 e. The van der Waals surface area contributed by atoms with Gasteiger partial charge in [0, 0.05) is 18.4 Å². The highest BCUT2D eigenvalue weighted by molar-refractivity contribution is 6.03. The molecule has 2 atom stereocenters. The van der Waals surface area contributed by atoms with Crippen LogP contribution in [0.3, 0.4) is 0 Å². The third kappa shape index (κ3) is 2.84. The molecule has 0 amide bonds. The first kappa shape index (κ1) is 15.1. The molecule has 2 aliphatic rings. The summed E-state index contributed by atoms with van der Waals surface area (Å²) in [5.41, 5.74) is 14.0. The van der Waals surface area contributed by atoms with E-state index in [1.54, 1.807) is 0 Å². The van der Waals surface area contributed by atoms with Crippen molar-refractivity contribution in [1.29, 1.82) is 0 Å². The van der Waals surface area contributed by atoms with Crippen molar-refractivity contribution >= 4 is 17.5 Å². The third-order valence-electron chi connectivity index (χ3n) is 5.28. The van der Waals surface area contributed by atoms with Gasteiger partial charge in [-0.15, -0.1) is 0 Å². The Kier molecular flexibility index (Phi) is 3.88. The molecular weight excluding hydrogens is 300 g/mol. The van der Waals surface area contributed by atoms with Crippen molar-refractivity contribution < 1.29 is 0 Å². The molecule has 126 valence electrons. The molecule has 1 fully saturated rings. The largest absolute Gasteiger partial charge is 0.384 e. The first-order valence-corrected chi connectivity index (χ1v) is 8.66. The van der Waals surface area contributed by atoms with Crippen molar-refractivity contribution in [2.24, 2.45) is 16.6 Å². The minimum absolute atomic E-state index is 0.557. The Bertz CT molecular complexity index is 745. The van der Waals surface area contributed by atoms with Crippen molar-refractivity contribution in [1.82, 2.24) is 9.55 Å². The van der Waals surface area contributed by atoms with Gasteiger partial charge in [-0.2, -0.15) is 0 Å². The maximum Gasteiger partial charge on any atom is 0.131 e. The summed E-state index contributed by atoms with van der Waals surface area (Å²) in [5.74, 6) is 3.14. The fourth-order valence-corrected chi connectivity index (χ4v) is 3.95. The van der Waals surface area contributed by atoms with E-state index in [0.29, 0.717) is 24.4 Å². The Hall–Kier alpha value is -2.50. The smallest absolute Gasteiger partial charge is 0.131 e. The van der Waals surface area contributed by atoms with Gasteiger partial charge < -0.3 is 21.4 Å². The van der Waals surface area contributed by atoms with Gasteiger partial charge in [0.15, 0.2) is 0 Å². The molecular formula is C18H24N6. The molecule has 6 heteroatoms. The summed E-state index contributed by atoms with van der Waals surface area (Å²) in [5, 5.41) is 3.37. The summed E-state index contributed by atoms with van der Waals surface area (Å²) in [6, 6.07) is 6.61. The van der Waals surface area contributed by atoms with E-state index in [0.717, 1.165) is 23.7 Å². The predicted octanol–water partition coefficient (Wildman–Crippen LogP) is 2.53. The summed E-state index contributed by atoms with van der Waals surface area (Å²) in [7, 11) is 0. The number of aromatic nitrogens is 2. The van der Waals surface area contributed by atoms with E-state index in [1.807, 2.05) is 12.3 Å². The van der Waals surface area contributed by atoms with Crippen LogP contribution in [0, 0.1) is 5.92 Å². The SMILES string of the molecule is NC1=NCNc2c1ccn2C1CCC(CCc2ccc(N)nc2)C1. The Labute approximate surface area is 142 Å². The van der Waals surface area contributed by atoms with Gasteiger partial charge in [-0.1, -0.05) is 6.07 Å². The number of nitrogens with zero attached hydrogens (tertiary/aromatic N) is 3. The zero-order chi connectivity index (χ0) is 16.5. The van der Waals surface area contributed by atoms with Crippen LogP contribution < -0.4 is 16.8 Å². The van der Waals surface area contributed by atoms with Crippen molar-refractivity contribution in [2.75, 3.05) is 17.7 Å². The second kappa shape index (κ2) is 6.19. The average Bonchev–Trinajstić information content (AvgIpc) is 3.21. The zero-order valence-corrected chi connectivity index (χ0v) is 13.8. The molecule has 0 aromatic carbocycles. The summed E-state index contributed by atoms with van der Waals surface area (Å²) >= 11 is 0. The van der Waals surface area contributed by atoms with Crippen LogP contribution in [0.15, 0.2) is 35.6 Å². The lowest BCUT2D eigenvalue weighted by Gasteiger charge is -2.20. The standard InChI is InChI=1S/C18H24N6/c19-16-6-4-13(10-21-16)2-1-12-3-5-14(9-12)24-8-7-15-17(20)22-11-23-18(15)24/h4,6-8,10,12,14,23H,1-3,5,9,11H2,(H2,19,21)(H2,20,22). The van der Waals surface area contributed by atoms with Gasteiger partial charge in [0.1, 0.15) is 24.1 Å². The first-order chi connectivity index (χ1) is 11.7. The summed E-state index contributed by atoms with van der Waals surface area (Å²) < 4.78 is 2.36. The van der Waals surface area contributed by atoms with Crippen LogP contribution in [0.1, 0.15) is 42.9 Å². The molecule has 1 aliphatic carbocycles. The molecule has 2 aromatic heterocycles. The van der Waals surface area contributed by atoms with Crippen molar-refractivity contribution in [3.8, 4) is 0 Å². The molecule has 2 aromatic rings. The molecule has 2 unspecified atom stereocenters. The van der Waals surface area contributed by atoms with E-state index in [4.69, 9.17) is 11.5 Å². The minimum atomic E-state index is 0.557. The number of aliphatic imine (C=N–C) groups is 1. The van der Waals surface area contributed by atoms with E-state index < -0.39 is 0 Å². The van der Waals surface area contributed by atoms with E-state index >= 15 is 0 Å². The molecule has 5 N–H and O–H groups in total. The lowest BCUT2D eigenvalue weighted by molar-refractivity contribution is 0.458. The molecule has 6 nitrogen and oxygen atoms in total. The normalized spacial score (nSPS) is 22.8. The van der Waals surface area contributed by atoms with Gasteiger partial charge in [-0.3, -0.25) is 0 Å². The van der Waals surface area contributed by atoms with Crippen LogP contribution in [0.25, 0.3) is 0 Å². The monoisotopic (exact) mass is 324 g/mol. The fourth-order valence-electron chi connectivity index (χ4n) is 3.95. The third-order valence-corrected chi connectivity index (χ3v) is 5.28. The molecule has 0 radical (unpaired) electrons. The number of nitrogens with two attached hydrogens (primary N) is 2. The molecule has 0 bridgehead atoms. The topological polar surface area (TPSA) is 94.2 Å². The molecule has 4 rings (SSSR count). The van der Waals surface area contributed by atoms with Crippen molar-refractivity contribution in [2.45, 2.75) is 38.1 Å². The average molecular weight is 324 g/mol. The van der Waals surface area contributed by atoms with Gasteiger partial charge >= 0.3 is 0 Å². The lowest BCUT2D eigenvalue weighted by atomic mass is 9.98. The van der Waals surface area contributed by atoms with Crippen molar-refractivity contribution in [3.05, 3.63) is 41.7 Å².